The van der Waals surface area contributed by atoms with Crippen molar-refractivity contribution >= 4 is 13.3 Å². The van der Waals surface area contributed by atoms with Gasteiger partial charge in [0.15, 0.2) is 0 Å². The number of hydrogen-bond acceptors (Lipinski definition) is 0. The Labute approximate surface area is 216 Å². The summed E-state index contributed by atoms with van der Waals surface area (Å²) >= 11 is 0. The molecule has 0 saturated heterocycles. The van der Waals surface area contributed by atoms with Crippen LogP contribution in [0.1, 0.15) is 155 Å². The van der Waals surface area contributed by atoms with Gasteiger partial charge < -0.3 is 0 Å². The van der Waals surface area contributed by atoms with E-state index in [1.807, 2.05) is 6.07 Å². The molecular weight excluding hydrogens is 440 g/mol. The minimum atomic E-state index is -4.31. The van der Waals surface area contributed by atoms with Crippen molar-refractivity contribution in [2.45, 2.75) is 156 Å². The molecular formula is C31H54BF3. The van der Waals surface area contributed by atoms with Crippen molar-refractivity contribution < 1.29 is 13.2 Å². The monoisotopic (exact) mass is 494 g/mol. The van der Waals surface area contributed by atoms with Gasteiger partial charge in [0, 0.05) is 5.56 Å². The molecule has 0 aliphatic rings. The molecule has 0 fully saturated rings. The van der Waals surface area contributed by atoms with Crippen LogP contribution in [0.2, 0.25) is 0 Å². The summed E-state index contributed by atoms with van der Waals surface area (Å²) in [4.78, 5) is 0. The van der Waals surface area contributed by atoms with E-state index in [-0.39, 0.29) is 10.8 Å². The second-order valence-electron chi connectivity index (χ2n) is 11.8. The number of halogens is 3. The van der Waals surface area contributed by atoms with Crippen LogP contribution in [0.15, 0.2) is 12.1 Å². The SMILES string of the molecule is Bc1cc(CC(C)(CCC)CCCC)c(C(C)(CCCCCC)CCCCCC)cc1C(F)(F)F. The molecule has 0 aromatic heterocycles. The number of rotatable bonds is 18. The Balaban J connectivity index is 3.56. The average molecular weight is 495 g/mol. The largest absolute Gasteiger partial charge is 0.415 e. The van der Waals surface area contributed by atoms with E-state index in [0.29, 0.717) is 5.46 Å². The van der Waals surface area contributed by atoms with Crippen LogP contribution in [0.4, 0.5) is 13.2 Å². The Hall–Kier alpha value is -0.925. The van der Waals surface area contributed by atoms with Crippen molar-refractivity contribution in [3.8, 4) is 0 Å². The summed E-state index contributed by atoms with van der Waals surface area (Å²) in [6.45, 7) is 13.5. The molecule has 0 amide bonds. The summed E-state index contributed by atoms with van der Waals surface area (Å²) in [5, 5.41) is 0. The van der Waals surface area contributed by atoms with Gasteiger partial charge in [0.2, 0.25) is 0 Å². The van der Waals surface area contributed by atoms with E-state index in [2.05, 4.69) is 41.5 Å². The lowest BCUT2D eigenvalue weighted by atomic mass is 9.67. The average Bonchev–Trinajstić information content (AvgIpc) is 2.77. The predicted octanol–water partition coefficient (Wildman–Crippen LogP) is 9.70. The van der Waals surface area contributed by atoms with Crippen LogP contribution in [-0.4, -0.2) is 7.85 Å². The molecule has 4 heteroatoms. The van der Waals surface area contributed by atoms with Crippen molar-refractivity contribution in [1.29, 1.82) is 0 Å². The van der Waals surface area contributed by atoms with Gasteiger partial charge in [-0.2, -0.15) is 13.2 Å². The van der Waals surface area contributed by atoms with E-state index in [4.69, 9.17) is 0 Å². The molecule has 0 bridgehead atoms. The summed E-state index contributed by atoms with van der Waals surface area (Å²) in [5.41, 5.74) is 2.04. The van der Waals surface area contributed by atoms with Crippen LogP contribution < -0.4 is 5.46 Å². The third-order valence-corrected chi connectivity index (χ3v) is 8.17. The Morgan fingerprint density at radius 2 is 1.17 bits per heavy atom. The van der Waals surface area contributed by atoms with Gasteiger partial charge in [-0.25, -0.2) is 0 Å². The Kier molecular flexibility index (Phi) is 14.1. The molecule has 0 aliphatic heterocycles. The summed E-state index contributed by atoms with van der Waals surface area (Å²) in [6.07, 6.45) is 13.5. The Morgan fingerprint density at radius 1 is 0.629 bits per heavy atom. The van der Waals surface area contributed by atoms with Gasteiger partial charge in [0.1, 0.15) is 7.85 Å². The zero-order chi connectivity index (χ0) is 26.5. The van der Waals surface area contributed by atoms with E-state index >= 15 is 0 Å². The second kappa shape index (κ2) is 15.4. The molecule has 0 heterocycles. The first-order valence-electron chi connectivity index (χ1n) is 14.7. The van der Waals surface area contributed by atoms with Gasteiger partial charge in [-0.1, -0.05) is 124 Å². The molecule has 0 saturated carbocycles. The second-order valence-corrected chi connectivity index (χ2v) is 11.8. The maximum Gasteiger partial charge on any atom is 0.415 e. The van der Waals surface area contributed by atoms with E-state index < -0.39 is 11.7 Å². The Bertz CT molecular complexity index is 713. The van der Waals surface area contributed by atoms with Crippen molar-refractivity contribution in [2.75, 3.05) is 0 Å². The fourth-order valence-corrected chi connectivity index (χ4v) is 6.03. The number of unbranched alkanes of at least 4 members (excludes halogenated alkanes) is 7. The van der Waals surface area contributed by atoms with E-state index in [1.54, 1.807) is 13.9 Å². The lowest BCUT2D eigenvalue weighted by Gasteiger charge is -2.37. The zero-order valence-corrected chi connectivity index (χ0v) is 24.1. The number of alkyl halides is 3. The van der Waals surface area contributed by atoms with Crippen LogP contribution in [0.25, 0.3) is 0 Å². The van der Waals surface area contributed by atoms with E-state index in [1.165, 1.54) is 50.5 Å². The van der Waals surface area contributed by atoms with Crippen molar-refractivity contribution in [3.05, 3.63) is 28.8 Å². The van der Waals surface area contributed by atoms with Crippen LogP contribution >= 0.6 is 0 Å². The molecule has 0 radical (unpaired) electrons. The fourth-order valence-electron chi connectivity index (χ4n) is 6.03. The van der Waals surface area contributed by atoms with Crippen LogP contribution in [-0.2, 0) is 18.0 Å². The van der Waals surface area contributed by atoms with E-state index in [0.717, 1.165) is 63.4 Å². The molecule has 1 atom stereocenters. The lowest BCUT2D eigenvalue weighted by Crippen LogP contribution is -2.31. The highest BCUT2D eigenvalue weighted by molar-refractivity contribution is 6.33. The van der Waals surface area contributed by atoms with Crippen molar-refractivity contribution in [1.82, 2.24) is 0 Å². The highest BCUT2D eigenvalue weighted by Gasteiger charge is 2.37. The summed E-state index contributed by atoms with van der Waals surface area (Å²) in [5.74, 6) is 0. The van der Waals surface area contributed by atoms with Crippen molar-refractivity contribution in [2.24, 2.45) is 5.41 Å². The summed E-state index contributed by atoms with van der Waals surface area (Å²) in [7, 11) is 1.65. The molecule has 0 aliphatic carbocycles. The van der Waals surface area contributed by atoms with Gasteiger partial charge in [-0.15, -0.1) is 0 Å². The topological polar surface area (TPSA) is 0 Å². The number of hydrogen-bond donors (Lipinski definition) is 0. The first kappa shape index (κ1) is 32.1. The molecule has 1 aromatic carbocycles. The highest BCUT2D eigenvalue weighted by Crippen LogP contribution is 2.43. The molecule has 202 valence electrons. The van der Waals surface area contributed by atoms with Crippen LogP contribution in [0.3, 0.4) is 0 Å². The quantitative estimate of drug-likeness (QED) is 0.141. The molecule has 0 N–H and O–H groups in total. The molecule has 0 spiro atoms. The van der Waals surface area contributed by atoms with Crippen LogP contribution in [0, 0.1) is 5.41 Å². The smallest absolute Gasteiger partial charge is 0.166 e. The standard InChI is InChI=1S/C31H54BF3/c1-7-11-14-16-20-30(6,21-17-15-12-8-2)26-23-27(31(33,34)35)28(32)22-25(26)24-29(5,18-10-4)19-13-9-3/h22-23H,7-21,24,32H2,1-6H3. The zero-order valence-electron chi connectivity index (χ0n) is 24.1. The van der Waals surface area contributed by atoms with Gasteiger partial charge in [0.25, 0.3) is 0 Å². The van der Waals surface area contributed by atoms with Gasteiger partial charge in [-0.3, -0.25) is 0 Å². The van der Waals surface area contributed by atoms with Gasteiger partial charge in [-0.05, 0) is 60.1 Å². The Morgan fingerprint density at radius 3 is 1.63 bits per heavy atom. The minimum absolute atomic E-state index is 0.136. The van der Waals surface area contributed by atoms with Crippen LogP contribution in [0.5, 0.6) is 0 Å². The van der Waals surface area contributed by atoms with Crippen molar-refractivity contribution in [3.63, 3.8) is 0 Å². The third-order valence-electron chi connectivity index (χ3n) is 8.17. The predicted molar refractivity (Wildman–Crippen MR) is 151 cm³/mol. The minimum Gasteiger partial charge on any atom is -0.166 e. The van der Waals surface area contributed by atoms with Gasteiger partial charge in [0.05, 0.1) is 0 Å². The third kappa shape index (κ3) is 10.5. The first-order chi connectivity index (χ1) is 16.5. The molecule has 35 heavy (non-hydrogen) atoms. The lowest BCUT2D eigenvalue weighted by molar-refractivity contribution is -0.136. The van der Waals surface area contributed by atoms with E-state index in [9.17, 15) is 13.2 Å². The van der Waals surface area contributed by atoms with Gasteiger partial charge >= 0.3 is 6.18 Å². The normalized spacial score (nSPS) is 14.3. The molecule has 0 nitrogen and oxygen atoms in total. The first-order valence-corrected chi connectivity index (χ1v) is 14.7. The summed E-state index contributed by atoms with van der Waals surface area (Å²) in [6, 6.07) is 3.48. The highest BCUT2D eigenvalue weighted by atomic mass is 19.4. The summed E-state index contributed by atoms with van der Waals surface area (Å²) < 4.78 is 42.2. The maximum absolute atomic E-state index is 14.1. The fraction of sp³-hybridized carbons (Fsp3) is 0.806. The number of benzene rings is 1. The molecule has 1 rings (SSSR count). The molecule has 1 unspecified atom stereocenters. The molecule has 1 aromatic rings. The maximum atomic E-state index is 14.1.